The minimum atomic E-state index is -0.559. The minimum absolute atomic E-state index is 0.00368. The highest BCUT2D eigenvalue weighted by atomic mass is 19.1. The van der Waals surface area contributed by atoms with Crippen LogP contribution in [0.3, 0.4) is 0 Å². The Morgan fingerprint density at radius 1 is 1.12 bits per heavy atom. The number of oxazole rings is 1. The topological polar surface area (TPSA) is 84.7 Å². The lowest BCUT2D eigenvalue weighted by molar-refractivity contribution is -0.131. The number of para-hydroxylation sites is 2. The molecule has 3 atom stereocenters. The summed E-state index contributed by atoms with van der Waals surface area (Å²) in [6.07, 6.45) is 4.61. The molecule has 1 saturated carbocycles. The summed E-state index contributed by atoms with van der Waals surface area (Å²) in [6.45, 7) is 0.629. The number of fused-ring (bicyclic) bond motifs is 1. The summed E-state index contributed by atoms with van der Waals surface area (Å²) in [5.74, 6) is -0.688. The van der Waals surface area contributed by atoms with Crippen LogP contribution < -0.4 is 5.32 Å². The molecular formula is C26H28FN3O4. The lowest BCUT2D eigenvalue weighted by Gasteiger charge is -2.36. The zero-order valence-electron chi connectivity index (χ0n) is 19.1. The van der Waals surface area contributed by atoms with E-state index in [0.717, 1.165) is 32.1 Å². The molecule has 7 nitrogen and oxygen atoms in total. The molecule has 1 aliphatic heterocycles. The predicted octanol–water partition coefficient (Wildman–Crippen LogP) is 4.31. The van der Waals surface area contributed by atoms with Crippen molar-refractivity contribution in [1.29, 1.82) is 0 Å². The van der Waals surface area contributed by atoms with Gasteiger partial charge in [0.15, 0.2) is 5.58 Å². The number of carbonyl (C=O) groups excluding carboxylic acids is 2. The van der Waals surface area contributed by atoms with Gasteiger partial charge in [-0.05, 0) is 68.9 Å². The van der Waals surface area contributed by atoms with Gasteiger partial charge in [0.05, 0.1) is 5.56 Å². The number of hydrogen-bond acceptors (Lipinski definition) is 5. The van der Waals surface area contributed by atoms with Gasteiger partial charge in [-0.15, -0.1) is 0 Å². The summed E-state index contributed by atoms with van der Waals surface area (Å²) in [5.41, 5.74) is 1.71. The zero-order valence-corrected chi connectivity index (χ0v) is 19.1. The van der Waals surface area contributed by atoms with E-state index >= 15 is 0 Å². The van der Waals surface area contributed by atoms with Crippen molar-refractivity contribution in [3.8, 4) is 11.5 Å². The molecule has 1 aliphatic carbocycles. The van der Waals surface area contributed by atoms with Crippen LogP contribution in [-0.4, -0.2) is 53.5 Å². The Hall–Kier alpha value is -3.26. The highest BCUT2D eigenvalue weighted by Crippen LogP contribution is 2.28. The maximum atomic E-state index is 15.0. The lowest BCUT2D eigenvalue weighted by Crippen LogP contribution is -2.48. The number of hydrogen-bond donors (Lipinski definition) is 1. The quantitative estimate of drug-likeness (QED) is 0.607. The Balaban J connectivity index is 1.26. The molecule has 2 fully saturated rings. The van der Waals surface area contributed by atoms with Gasteiger partial charge in [0.1, 0.15) is 17.4 Å². The second-order valence-corrected chi connectivity index (χ2v) is 9.13. The van der Waals surface area contributed by atoms with E-state index in [0.29, 0.717) is 24.1 Å². The number of carbonyl (C=O) groups is 2. The van der Waals surface area contributed by atoms with E-state index in [1.54, 1.807) is 30.1 Å². The van der Waals surface area contributed by atoms with Gasteiger partial charge in [-0.3, -0.25) is 9.59 Å². The van der Waals surface area contributed by atoms with E-state index in [4.69, 9.17) is 9.15 Å². The van der Waals surface area contributed by atoms with Crippen LogP contribution in [0, 0.1) is 5.82 Å². The van der Waals surface area contributed by atoms with Crippen molar-refractivity contribution >= 4 is 22.9 Å². The van der Waals surface area contributed by atoms with Crippen molar-refractivity contribution in [2.24, 2.45) is 0 Å². The van der Waals surface area contributed by atoms with Crippen molar-refractivity contribution in [3.05, 3.63) is 53.8 Å². The molecule has 1 aromatic heterocycles. The molecule has 2 heterocycles. The Kier molecular flexibility index (Phi) is 6.32. The number of ether oxygens (including phenoxy) is 1. The molecule has 34 heavy (non-hydrogen) atoms. The first kappa shape index (κ1) is 22.5. The van der Waals surface area contributed by atoms with Crippen LogP contribution in [0.5, 0.6) is 0 Å². The summed E-state index contributed by atoms with van der Waals surface area (Å²) < 4.78 is 26.1. The van der Waals surface area contributed by atoms with Crippen molar-refractivity contribution < 1.29 is 23.1 Å². The summed E-state index contributed by atoms with van der Waals surface area (Å²) in [6, 6.07) is 11.6. The van der Waals surface area contributed by atoms with Crippen molar-refractivity contribution in [3.63, 3.8) is 0 Å². The van der Waals surface area contributed by atoms with Gasteiger partial charge in [-0.25, -0.2) is 9.37 Å². The summed E-state index contributed by atoms with van der Waals surface area (Å²) in [5, 5.41) is 3.09. The first-order chi connectivity index (χ1) is 16.5. The molecule has 8 heteroatoms. The molecule has 178 valence electrons. The number of rotatable bonds is 5. The summed E-state index contributed by atoms with van der Waals surface area (Å²) >= 11 is 0. The van der Waals surface area contributed by atoms with E-state index in [1.807, 2.05) is 12.1 Å². The highest BCUT2D eigenvalue weighted by molar-refractivity contribution is 5.94. The molecule has 0 radical (unpaired) electrons. The number of nitrogens with one attached hydrogen (secondary N) is 1. The molecule has 2 aliphatic rings. The van der Waals surface area contributed by atoms with Gasteiger partial charge in [-0.2, -0.15) is 0 Å². The van der Waals surface area contributed by atoms with Crippen molar-refractivity contribution in [2.45, 2.75) is 56.7 Å². The monoisotopic (exact) mass is 465 g/mol. The number of halogens is 1. The van der Waals surface area contributed by atoms with Gasteiger partial charge < -0.3 is 19.4 Å². The molecule has 5 rings (SSSR count). The van der Waals surface area contributed by atoms with Crippen molar-refractivity contribution in [1.82, 2.24) is 15.2 Å². The molecule has 0 bridgehead atoms. The Morgan fingerprint density at radius 3 is 2.74 bits per heavy atom. The Morgan fingerprint density at radius 2 is 1.97 bits per heavy atom. The zero-order chi connectivity index (χ0) is 23.7. The van der Waals surface area contributed by atoms with Crippen LogP contribution in [0.4, 0.5) is 4.39 Å². The second kappa shape index (κ2) is 9.54. The smallest absolute Gasteiger partial charge is 0.253 e. The predicted molar refractivity (Wildman–Crippen MR) is 125 cm³/mol. The van der Waals surface area contributed by atoms with Crippen LogP contribution in [0.1, 0.15) is 48.9 Å². The molecule has 2 amide bonds. The third-order valence-electron chi connectivity index (χ3n) is 6.82. The average Bonchev–Trinajstić information content (AvgIpc) is 3.53. The molecule has 1 N–H and O–H groups in total. The first-order valence-corrected chi connectivity index (χ1v) is 11.8. The lowest BCUT2D eigenvalue weighted by atomic mass is 9.89. The summed E-state index contributed by atoms with van der Waals surface area (Å²) in [4.78, 5) is 31.6. The standard InChI is InChI=1S/C26H28FN3O4/c1-30(18-7-4-6-17(15-18)28-24(31)23-10-5-13-33-23)26(32)16-11-12-19(20(27)14-16)25-29-21-8-2-3-9-22(21)34-25/h2-3,8-9,11-12,14,17-18,23H,4-7,10,13,15H2,1H3,(H,28,31)/t17-,18+,23?/m0/s1. The SMILES string of the molecule is CN(C(=O)c1ccc(-c2nc3ccccc3o2)c(F)c1)[C@@H]1CCC[C@H](NC(=O)C2CCCO2)C1. The van der Waals surface area contributed by atoms with Gasteiger partial charge in [0, 0.05) is 31.3 Å². The van der Waals surface area contributed by atoms with E-state index in [2.05, 4.69) is 10.3 Å². The van der Waals surface area contributed by atoms with Crippen LogP contribution in [0.15, 0.2) is 46.9 Å². The molecule has 0 spiro atoms. The van der Waals surface area contributed by atoms with E-state index in [1.165, 1.54) is 12.1 Å². The third kappa shape index (κ3) is 4.55. The van der Waals surface area contributed by atoms with E-state index < -0.39 is 5.82 Å². The Bertz CT molecular complexity index is 1170. The fourth-order valence-corrected chi connectivity index (χ4v) is 4.90. The average molecular weight is 466 g/mol. The largest absolute Gasteiger partial charge is 0.436 e. The van der Waals surface area contributed by atoms with Crippen molar-refractivity contribution in [2.75, 3.05) is 13.7 Å². The van der Waals surface area contributed by atoms with Crippen LogP contribution >= 0.6 is 0 Å². The number of nitrogens with zero attached hydrogens (tertiary/aromatic N) is 2. The van der Waals surface area contributed by atoms with Crippen LogP contribution in [0.25, 0.3) is 22.6 Å². The molecule has 1 saturated heterocycles. The number of amides is 2. The second-order valence-electron chi connectivity index (χ2n) is 9.13. The van der Waals surface area contributed by atoms with Gasteiger partial charge >= 0.3 is 0 Å². The van der Waals surface area contributed by atoms with Crippen LogP contribution in [0.2, 0.25) is 0 Å². The molecule has 3 aromatic rings. The van der Waals surface area contributed by atoms with E-state index in [9.17, 15) is 14.0 Å². The third-order valence-corrected chi connectivity index (χ3v) is 6.82. The molecular weight excluding hydrogens is 437 g/mol. The highest BCUT2D eigenvalue weighted by Gasteiger charge is 2.31. The van der Waals surface area contributed by atoms with Crippen LogP contribution in [-0.2, 0) is 9.53 Å². The first-order valence-electron chi connectivity index (χ1n) is 11.8. The minimum Gasteiger partial charge on any atom is -0.436 e. The van der Waals surface area contributed by atoms with E-state index in [-0.39, 0.29) is 47.0 Å². The summed E-state index contributed by atoms with van der Waals surface area (Å²) in [7, 11) is 1.74. The number of aromatic nitrogens is 1. The normalized spacial score (nSPS) is 22.6. The maximum Gasteiger partial charge on any atom is 0.253 e. The van der Waals surface area contributed by atoms with Gasteiger partial charge in [0.2, 0.25) is 11.8 Å². The fourth-order valence-electron chi connectivity index (χ4n) is 4.90. The fraction of sp³-hybridized carbons (Fsp3) is 0.423. The molecule has 1 unspecified atom stereocenters. The number of benzene rings is 2. The molecule has 2 aromatic carbocycles. The van der Waals surface area contributed by atoms with Gasteiger partial charge in [0.25, 0.3) is 5.91 Å². The Labute approximate surface area is 197 Å². The maximum absolute atomic E-state index is 15.0. The van der Waals surface area contributed by atoms with Gasteiger partial charge in [-0.1, -0.05) is 12.1 Å².